The van der Waals surface area contributed by atoms with Crippen LogP contribution in [-0.2, 0) is 11.3 Å². The Kier molecular flexibility index (Phi) is 5.28. The van der Waals surface area contributed by atoms with E-state index in [4.69, 9.17) is 17.3 Å². The van der Waals surface area contributed by atoms with Gasteiger partial charge < -0.3 is 16.0 Å². The van der Waals surface area contributed by atoms with Crippen LogP contribution in [0.15, 0.2) is 48.7 Å². The van der Waals surface area contributed by atoms with Gasteiger partial charge in [0.05, 0.1) is 17.1 Å². The monoisotopic (exact) mass is 443 g/mol. The van der Waals surface area contributed by atoms with E-state index in [9.17, 15) is 13.6 Å². The second-order valence-corrected chi connectivity index (χ2v) is 8.22. The molecule has 0 saturated carbocycles. The average molecular weight is 444 g/mol. The molecule has 0 atom stereocenters. The van der Waals surface area contributed by atoms with Gasteiger partial charge in [-0.2, -0.15) is 0 Å². The van der Waals surface area contributed by atoms with Gasteiger partial charge in [-0.05, 0) is 56.3 Å². The number of carbonyl (C=O) groups is 1. The van der Waals surface area contributed by atoms with Gasteiger partial charge in [0.2, 0.25) is 5.91 Å². The van der Waals surface area contributed by atoms with Crippen LogP contribution in [0.1, 0.15) is 19.7 Å². The molecule has 0 fully saturated rings. The van der Waals surface area contributed by atoms with Crippen molar-refractivity contribution in [3.05, 3.63) is 71.1 Å². The lowest BCUT2D eigenvalue weighted by atomic mass is 10.1. The molecule has 9 heteroatoms. The predicted octanol–water partition coefficient (Wildman–Crippen LogP) is 4.73. The minimum absolute atomic E-state index is 0.0239. The third-order valence-electron chi connectivity index (χ3n) is 4.80. The Hall–Kier alpha value is -3.23. The molecule has 6 nitrogen and oxygen atoms in total. The van der Waals surface area contributed by atoms with Gasteiger partial charge in [0.1, 0.15) is 29.0 Å². The molecule has 0 unspecified atom stereocenters. The van der Waals surface area contributed by atoms with Crippen molar-refractivity contribution in [1.29, 1.82) is 0 Å². The molecule has 2 aromatic carbocycles. The second kappa shape index (κ2) is 7.79. The van der Waals surface area contributed by atoms with E-state index in [1.54, 1.807) is 49.0 Å². The standard InChI is InChI=1S/C22H20ClF2N5O/c1-22(2,26)21(31)29-9-10-30-18(12-29)28-19(13-3-5-14(24)6-4-13)20(30)27-15-7-8-17(25)16(23)11-15/h3-11,27H,12,26H2,1-2H3. The van der Waals surface area contributed by atoms with Gasteiger partial charge in [-0.1, -0.05) is 11.6 Å². The minimum Gasteiger partial charge on any atom is -0.339 e. The number of nitrogens with one attached hydrogen (secondary N) is 1. The number of benzene rings is 2. The number of fused-ring (bicyclic) bond motifs is 1. The Morgan fingerprint density at radius 1 is 1.16 bits per heavy atom. The van der Waals surface area contributed by atoms with Crippen molar-refractivity contribution in [3.63, 3.8) is 0 Å². The normalized spacial score (nSPS) is 13.3. The first-order valence-corrected chi connectivity index (χ1v) is 9.88. The van der Waals surface area contributed by atoms with Crippen molar-refractivity contribution in [2.75, 3.05) is 5.32 Å². The summed E-state index contributed by atoms with van der Waals surface area (Å²) < 4.78 is 28.8. The maximum absolute atomic E-state index is 13.6. The molecule has 4 rings (SSSR count). The summed E-state index contributed by atoms with van der Waals surface area (Å²) in [6.45, 7) is 3.48. The highest BCUT2D eigenvalue weighted by atomic mass is 35.5. The fourth-order valence-corrected chi connectivity index (χ4v) is 3.43. The lowest BCUT2D eigenvalue weighted by molar-refractivity contribution is -0.133. The van der Waals surface area contributed by atoms with Crippen LogP contribution in [0, 0.1) is 11.6 Å². The highest BCUT2D eigenvalue weighted by molar-refractivity contribution is 6.31. The van der Waals surface area contributed by atoms with Crippen LogP contribution in [0.25, 0.3) is 17.5 Å². The van der Waals surface area contributed by atoms with Crippen molar-refractivity contribution in [3.8, 4) is 11.3 Å². The van der Waals surface area contributed by atoms with E-state index in [0.717, 1.165) is 0 Å². The summed E-state index contributed by atoms with van der Waals surface area (Å²) in [6, 6.07) is 10.2. The lowest BCUT2D eigenvalue weighted by Crippen LogP contribution is -2.49. The number of hydrogen-bond acceptors (Lipinski definition) is 4. The van der Waals surface area contributed by atoms with Crippen LogP contribution >= 0.6 is 11.6 Å². The number of nitrogens with zero attached hydrogens (tertiary/aromatic N) is 3. The molecule has 1 aliphatic heterocycles. The second-order valence-electron chi connectivity index (χ2n) is 7.81. The molecule has 1 aliphatic rings. The van der Waals surface area contributed by atoms with Gasteiger partial charge in [0.25, 0.3) is 0 Å². The van der Waals surface area contributed by atoms with Gasteiger partial charge in [0.15, 0.2) is 0 Å². The van der Waals surface area contributed by atoms with E-state index >= 15 is 0 Å². The van der Waals surface area contributed by atoms with Crippen molar-refractivity contribution in [2.45, 2.75) is 25.9 Å². The first-order chi connectivity index (χ1) is 14.6. The Morgan fingerprint density at radius 3 is 2.52 bits per heavy atom. The largest absolute Gasteiger partial charge is 0.339 e. The highest BCUT2D eigenvalue weighted by Crippen LogP contribution is 2.34. The Balaban J connectivity index is 1.78. The number of aromatic nitrogens is 2. The first kappa shape index (κ1) is 21.0. The van der Waals surface area contributed by atoms with Crippen LogP contribution < -0.4 is 11.1 Å². The summed E-state index contributed by atoms with van der Waals surface area (Å²) in [7, 11) is 0. The SMILES string of the molecule is CC(C)(N)C(=O)N1C=Cn2c(nc(-c3ccc(F)cc3)c2Nc2ccc(F)c(Cl)c2)C1. The zero-order chi connectivity index (χ0) is 22.3. The summed E-state index contributed by atoms with van der Waals surface area (Å²) in [5.74, 6) is 0.00469. The quantitative estimate of drug-likeness (QED) is 0.611. The number of halogens is 3. The third-order valence-corrected chi connectivity index (χ3v) is 5.09. The molecule has 3 N–H and O–H groups in total. The fraction of sp³-hybridized carbons (Fsp3) is 0.182. The van der Waals surface area contributed by atoms with E-state index in [1.807, 2.05) is 0 Å². The van der Waals surface area contributed by atoms with Crippen LogP contribution in [0.3, 0.4) is 0 Å². The topological polar surface area (TPSA) is 76.2 Å². The van der Waals surface area contributed by atoms with Gasteiger partial charge in [0, 0.05) is 23.7 Å². The van der Waals surface area contributed by atoms with E-state index in [0.29, 0.717) is 28.6 Å². The average Bonchev–Trinajstić information content (AvgIpc) is 3.07. The highest BCUT2D eigenvalue weighted by Gasteiger charge is 2.30. The molecular formula is C22H20ClF2N5O. The molecule has 0 bridgehead atoms. The van der Waals surface area contributed by atoms with E-state index in [-0.39, 0.29) is 23.3 Å². The van der Waals surface area contributed by atoms with E-state index < -0.39 is 11.4 Å². The zero-order valence-corrected chi connectivity index (χ0v) is 17.6. The Labute approximate surface area is 182 Å². The van der Waals surface area contributed by atoms with Crippen LogP contribution in [0.5, 0.6) is 0 Å². The summed E-state index contributed by atoms with van der Waals surface area (Å²) in [5, 5.41) is 3.19. The van der Waals surface area contributed by atoms with E-state index in [1.165, 1.54) is 29.2 Å². The molecule has 31 heavy (non-hydrogen) atoms. The molecule has 2 heterocycles. The molecule has 3 aromatic rings. The van der Waals surface area contributed by atoms with Crippen LogP contribution in [0.4, 0.5) is 20.3 Å². The van der Waals surface area contributed by atoms with Crippen molar-refractivity contribution in [1.82, 2.24) is 14.5 Å². The molecule has 160 valence electrons. The number of hydrogen-bond donors (Lipinski definition) is 2. The molecular weight excluding hydrogens is 424 g/mol. The van der Waals surface area contributed by atoms with Gasteiger partial charge in [-0.3, -0.25) is 9.36 Å². The summed E-state index contributed by atoms with van der Waals surface area (Å²) in [6.07, 6.45) is 3.32. The molecule has 1 amide bonds. The Morgan fingerprint density at radius 2 is 1.87 bits per heavy atom. The first-order valence-electron chi connectivity index (χ1n) is 9.51. The van der Waals surface area contributed by atoms with Crippen LogP contribution in [0.2, 0.25) is 5.02 Å². The molecule has 0 aliphatic carbocycles. The van der Waals surface area contributed by atoms with Gasteiger partial charge in [-0.15, -0.1) is 0 Å². The summed E-state index contributed by atoms with van der Waals surface area (Å²) >= 11 is 5.92. The van der Waals surface area contributed by atoms with E-state index in [2.05, 4.69) is 10.3 Å². The number of carbonyl (C=O) groups excluding carboxylic acids is 1. The molecule has 0 spiro atoms. The summed E-state index contributed by atoms with van der Waals surface area (Å²) in [5.41, 5.74) is 6.68. The summed E-state index contributed by atoms with van der Waals surface area (Å²) in [4.78, 5) is 18.8. The van der Waals surface area contributed by atoms with Crippen molar-refractivity contribution >= 4 is 35.2 Å². The molecule has 0 saturated heterocycles. The fourth-order valence-electron chi connectivity index (χ4n) is 3.25. The maximum atomic E-state index is 13.6. The third kappa shape index (κ3) is 4.17. The number of imidazole rings is 1. The number of nitrogens with two attached hydrogens (primary N) is 1. The smallest absolute Gasteiger partial charge is 0.246 e. The van der Waals surface area contributed by atoms with Gasteiger partial charge in [-0.25, -0.2) is 13.8 Å². The number of amides is 1. The molecule has 1 aromatic heterocycles. The minimum atomic E-state index is -1.04. The maximum Gasteiger partial charge on any atom is 0.246 e. The predicted molar refractivity (Wildman–Crippen MR) is 116 cm³/mol. The van der Waals surface area contributed by atoms with Gasteiger partial charge >= 0.3 is 0 Å². The zero-order valence-electron chi connectivity index (χ0n) is 16.9. The Bertz CT molecular complexity index is 1180. The number of rotatable bonds is 4. The molecule has 0 radical (unpaired) electrons. The number of anilines is 2. The lowest BCUT2D eigenvalue weighted by Gasteiger charge is -2.28. The van der Waals surface area contributed by atoms with Crippen molar-refractivity contribution in [2.24, 2.45) is 5.73 Å². The van der Waals surface area contributed by atoms with Crippen LogP contribution in [-0.4, -0.2) is 25.9 Å². The van der Waals surface area contributed by atoms with Crippen molar-refractivity contribution < 1.29 is 13.6 Å².